The molecule has 0 aliphatic heterocycles. The maximum atomic E-state index is 13.1. The van der Waals surface area contributed by atoms with E-state index in [4.69, 9.17) is 4.74 Å². The van der Waals surface area contributed by atoms with Gasteiger partial charge in [0.25, 0.3) is 5.91 Å². The van der Waals surface area contributed by atoms with Crippen LogP contribution in [0, 0.1) is 11.8 Å². The number of nitrogens with zero attached hydrogens (tertiary/aromatic N) is 1. The first-order valence-corrected chi connectivity index (χ1v) is 7.41. The lowest BCUT2D eigenvalue weighted by molar-refractivity contribution is -0.130. The van der Waals surface area contributed by atoms with Gasteiger partial charge in [-0.25, -0.2) is 14.2 Å². The Morgan fingerprint density at radius 2 is 1.88 bits per heavy atom. The van der Waals surface area contributed by atoms with Gasteiger partial charge >= 0.3 is 5.97 Å². The number of hydrogen-bond donors (Lipinski definition) is 1. The van der Waals surface area contributed by atoms with Gasteiger partial charge in [-0.05, 0) is 31.0 Å². The third-order valence-electron chi connectivity index (χ3n) is 3.52. The number of nitrogens with one attached hydrogen (secondary N) is 1. The molecule has 0 spiro atoms. The fraction of sp³-hybridized carbons (Fsp3) is 0.235. The van der Waals surface area contributed by atoms with Crippen molar-refractivity contribution in [3.63, 3.8) is 0 Å². The van der Waals surface area contributed by atoms with Crippen LogP contribution in [0.5, 0.6) is 0 Å². The van der Waals surface area contributed by atoms with E-state index >= 15 is 0 Å². The van der Waals surface area contributed by atoms with E-state index < -0.39 is 29.7 Å². The van der Waals surface area contributed by atoms with Gasteiger partial charge in [-0.1, -0.05) is 12.1 Å². The first kappa shape index (κ1) is 16.0. The molecule has 1 aliphatic carbocycles. The van der Waals surface area contributed by atoms with Gasteiger partial charge in [0.2, 0.25) is 12.1 Å². The number of carbonyl (C=O) groups is 2. The Balaban J connectivity index is 1.82. The molecule has 24 heavy (non-hydrogen) atoms. The zero-order valence-electron chi connectivity index (χ0n) is 12.5. The summed E-state index contributed by atoms with van der Waals surface area (Å²) in [6, 6.07) is 7.35. The van der Waals surface area contributed by atoms with Crippen molar-refractivity contribution >= 4 is 11.9 Å². The van der Waals surface area contributed by atoms with Crippen molar-refractivity contribution in [3.05, 3.63) is 65.5 Å². The minimum absolute atomic E-state index is 0.0613. The van der Waals surface area contributed by atoms with E-state index in [1.807, 2.05) is 0 Å². The number of aromatic nitrogens is 1. The highest BCUT2D eigenvalue weighted by atomic mass is 19.1. The van der Waals surface area contributed by atoms with Crippen LogP contribution in [0.25, 0.3) is 0 Å². The number of benzene rings is 1. The number of carbonyl (C=O) groups excluding carboxylic acids is 2. The molecule has 1 saturated carbocycles. The van der Waals surface area contributed by atoms with Gasteiger partial charge < -0.3 is 10.1 Å². The van der Waals surface area contributed by atoms with Gasteiger partial charge in [0.05, 0.1) is 5.56 Å². The Morgan fingerprint density at radius 3 is 2.50 bits per heavy atom. The largest absolute Gasteiger partial charge is 0.444 e. The molecular formula is C17H14F2N2O3. The van der Waals surface area contributed by atoms with E-state index in [2.05, 4.69) is 10.3 Å². The minimum Gasteiger partial charge on any atom is -0.444 e. The zero-order chi connectivity index (χ0) is 17.1. The van der Waals surface area contributed by atoms with Crippen LogP contribution in [-0.4, -0.2) is 22.9 Å². The molecule has 1 aliphatic rings. The van der Waals surface area contributed by atoms with Gasteiger partial charge in [0, 0.05) is 23.9 Å². The molecule has 1 unspecified atom stereocenters. The molecule has 0 radical (unpaired) electrons. The van der Waals surface area contributed by atoms with Gasteiger partial charge in [0.15, 0.2) is 0 Å². The average Bonchev–Trinajstić information content (AvgIpc) is 3.37. The van der Waals surface area contributed by atoms with Crippen molar-refractivity contribution in [1.82, 2.24) is 10.3 Å². The predicted octanol–water partition coefficient (Wildman–Crippen LogP) is 2.54. The highest BCUT2D eigenvalue weighted by Crippen LogP contribution is 2.24. The van der Waals surface area contributed by atoms with Crippen LogP contribution in [0.15, 0.2) is 42.6 Å². The first-order chi connectivity index (χ1) is 11.5. The fourth-order valence-electron chi connectivity index (χ4n) is 2.12. The lowest BCUT2D eigenvalue weighted by Gasteiger charge is -2.18. The topological polar surface area (TPSA) is 68.3 Å². The molecule has 0 bridgehead atoms. The molecule has 5 nitrogen and oxygen atoms in total. The molecule has 2 aromatic rings. The molecule has 1 aromatic heterocycles. The standard InChI is InChI=1S/C17H14F2N2O3/c18-12-3-1-10(2-4-12)15(16(22)21-13-5-6-13)24-17(23)11-7-8-20-14(19)9-11/h1-4,7-9,13,15H,5-6H2,(H,21,22). The molecule has 7 heteroatoms. The summed E-state index contributed by atoms with van der Waals surface area (Å²) in [4.78, 5) is 27.9. The van der Waals surface area contributed by atoms with Crippen molar-refractivity contribution in [2.24, 2.45) is 0 Å². The van der Waals surface area contributed by atoms with Crippen molar-refractivity contribution in [3.8, 4) is 0 Å². The van der Waals surface area contributed by atoms with Crippen LogP contribution in [0.1, 0.15) is 34.9 Å². The van der Waals surface area contributed by atoms with Gasteiger partial charge in [0.1, 0.15) is 5.82 Å². The van der Waals surface area contributed by atoms with Crippen molar-refractivity contribution in [2.45, 2.75) is 25.0 Å². The van der Waals surface area contributed by atoms with Crippen LogP contribution >= 0.6 is 0 Å². The van der Waals surface area contributed by atoms with E-state index in [9.17, 15) is 18.4 Å². The summed E-state index contributed by atoms with van der Waals surface area (Å²) in [6.07, 6.45) is 1.62. The number of rotatable bonds is 5. The molecule has 1 aromatic carbocycles. The molecule has 0 saturated heterocycles. The third kappa shape index (κ3) is 3.92. The van der Waals surface area contributed by atoms with E-state index in [1.165, 1.54) is 30.3 Å². The zero-order valence-corrected chi connectivity index (χ0v) is 12.5. The summed E-state index contributed by atoms with van der Waals surface area (Å²) in [5.74, 6) is -2.66. The fourth-order valence-corrected chi connectivity index (χ4v) is 2.12. The molecule has 1 heterocycles. The van der Waals surface area contributed by atoms with Crippen molar-refractivity contribution in [2.75, 3.05) is 0 Å². The smallest absolute Gasteiger partial charge is 0.339 e. The number of halogens is 2. The second kappa shape index (κ2) is 6.74. The summed E-state index contributed by atoms with van der Waals surface area (Å²) in [5, 5.41) is 2.74. The molecule has 124 valence electrons. The molecule has 1 atom stereocenters. The SMILES string of the molecule is O=C(OC(C(=O)NC1CC1)c1ccc(F)cc1)c1ccnc(F)c1. The predicted molar refractivity (Wildman–Crippen MR) is 79.9 cm³/mol. The van der Waals surface area contributed by atoms with Crippen LogP contribution < -0.4 is 5.32 Å². The van der Waals surface area contributed by atoms with Gasteiger partial charge in [-0.15, -0.1) is 0 Å². The average molecular weight is 332 g/mol. The summed E-state index contributed by atoms with van der Waals surface area (Å²) in [6.45, 7) is 0. The Morgan fingerprint density at radius 1 is 1.17 bits per heavy atom. The molecule has 1 fully saturated rings. The molecule has 1 amide bonds. The van der Waals surface area contributed by atoms with E-state index in [0.29, 0.717) is 5.56 Å². The van der Waals surface area contributed by atoms with Crippen LogP contribution in [-0.2, 0) is 9.53 Å². The van der Waals surface area contributed by atoms with Crippen LogP contribution in [0.4, 0.5) is 8.78 Å². The number of pyridine rings is 1. The van der Waals surface area contributed by atoms with Crippen LogP contribution in [0.3, 0.4) is 0 Å². The highest BCUT2D eigenvalue weighted by Gasteiger charge is 2.31. The van der Waals surface area contributed by atoms with Gasteiger partial charge in [-0.3, -0.25) is 4.79 Å². The first-order valence-electron chi connectivity index (χ1n) is 7.41. The lowest BCUT2D eigenvalue weighted by Crippen LogP contribution is -2.33. The number of hydrogen-bond acceptors (Lipinski definition) is 4. The molecular weight excluding hydrogens is 318 g/mol. The Kier molecular flexibility index (Phi) is 4.50. The maximum absolute atomic E-state index is 13.1. The Bertz CT molecular complexity index is 761. The Hall–Kier alpha value is -2.83. The quantitative estimate of drug-likeness (QED) is 0.675. The number of esters is 1. The third-order valence-corrected chi connectivity index (χ3v) is 3.52. The van der Waals surface area contributed by atoms with E-state index in [-0.39, 0.29) is 11.6 Å². The molecule has 1 N–H and O–H groups in total. The summed E-state index contributed by atoms with van der Waals surface area (Å²) < 4.78 is 31.5. The normalized spacial score (nSPS) is 14.8. The van der Waals surface area contributed by atoms with Crippen molar-refractivity contribution < 1.29 is 23.1 Å². The molecule has 3 rings (SSSR count). The van der Waals surface area contributed by atoms with E-state index in [1.54, 1.807) is 0 Å². The summed E-state index contributed by atoms with van der Waals surface area (Å²) >= 11 is 0. The van der Waals surface area contributed by atoms with Crippen molar-refractivity contribution in [1.29, 1.82) is 0 Å². The monoisotopic (exact) mass is 332 g/mol. The van der Waals surface area contributed by atoms with Crippen LogP contribution in [0.2, 0.25) is 0 Å². The summed E-state index contributed by atoms with van der Waals surface area (Å²) in [7, 11) is 0. The lowest BCUT2D eigenvalue weighted by atomic mass is 10.1. The number of ether oxygens (including phenoxy) is 1. The minimum atomic E-state index is -1.24. The van der Waals surface area contributed by atoms with Gasteiger partial charge in [-0.2, -0.15) is 4.39 Å². The highest BCUT2D eigenvalue weighted by molar-refractivity contribution is 5.92. The maximum Gasteiger partial charge on any atom is 0.339 e. The Labute approximate surface area is 136 Å². The second-order valence-electron chi connectivity index (χ2n) is 5.49. The van der Waals surface area contributed by atoms with E-state index in [0.717, 1.165) is 25.1 Å². The second-order valence-corrected chi connectivity index (χ2v) is 5.49. The summed E-state index contributed by atoms with van der Waals surface area (Å²) in [5.41, 5.74) is 0.270. The number of amides is 1.